The number of halogens is 1. The molecule has 4 heterocycles. The molecule has 0 amide bonds. The number of rotatable bonds is 5. The van der Waals surface area contributed by atoms with Gasteiger partial charge in [-0.15, -0.1) is 10.2 Å². The lowest BCUT2D eigenvalue weighted by Crippen LogP contribution is -1.99. The van der Waals surface area contributed by atoms with Crippen molar-refractivity contribution in [2.75, 3.05) is 6.61 Å². The third kappa shape index (κ3) is 3.06. The Labute approximate surface area is 172 Å². The van der Waals surface area contributed by atoms with Gasteiger partial charge < -0.3 is 9.30 Å². The fourth-order valence-electron chi connectivity index (χ4n) is 3.52. The normalized spacial score (nSPS) is 11.5. The molecule has 0 unspecified atom stereocenters. The van der Waals surface area contributed by atoms with E-state index in [4.69, 9.17) is 16.3 Å². The number of hydrogen-bond donors (Lipinski definition) is 0. The summed E-state index contributed by atoms with van der Waals surface area (Å²) >= 11 is 6.70. The molecule has 7 heteroatoms. The first-order valence-corrected chi connectivity index (χ1v) is 9.76. The summed E-state index contributed by atoms with van der Waals surface area (Å²) in [5.41, 5.74) is 4.72. The van der Waals surface area contributed by atoms with Crippen LogP contribution in [0.1, 0.15) is 12.7 Å². The van der Waals surface area contributed by atoms with Gasteiger partial charge in [0.15, 0.2) is 11.5 Å². The van der Waals surface area contributed by atoms with Gasteiger partial charge in [0.05, 0.1) is 22.4 Å². The Hall–Kier alpha value is -3.22. The van der Waals surface area contributed by atoms with E-state index in [1.54, 1.807) is 6.20 Å². The van der Waals surface area contributed by atoms with Crippen molar-refractivity contribution in [2.24, 2.45) is 0 Å². The van der Waals surface area contributed by atoms with Crippen molar-refractivity contribution in [2.45, 2.75) is 13.5 Å². The van der Waals surface area contributed by atoms with Crippen molar-refractivity contribution in [3.63, 3.8) is 0 Å². The van der Waals surface area contributed by atoms with Crippen LogP contribution in [-0.4, -0.2) is 30.8 Å². The van der Waals surface area contributed by atoms with E-state index < -0.39 is 0 Å². The number of aromatic nitrogens is 5. The summed E-state index contributed by atoms with van der Waals surface area (Å²) in [4.78, 5) is 4.21. The van der Waals surface area contributed by atoms with Gasteiger partial charge in [-0.3, -0.25) is 9.38 Å². The Balaban J connectivity index is 1.57. The Morgan fingerprint density at radius 2 is 2.00 bits per heavy atom. The Kier molecular flexibility index (Phi) is 4.50. The summed E-state index contributed by atoms with van der Waals surface area (Å²) in [6.45, 7) is 2.98. The molecular formula is C22H18ClN5O. The summed E-state index contributed by atoms with van der Waals surface area (Å²) in [6.07, 6.45) is 7.61. The van der Waals surface area contributed by atoms with Crippen LogP contribution in [0.15, 0.2) is 67.3 Å². The van der Waals surface area contributed by atoms with Gasteiger partial charge >= 0.3 is 0 Å². The molecule has 0 saturated heterocycles. The molecule has 144 valence electrons. The summed E-state index contributed by atoms with van der Waals surface area (Å²) in [5.74, 6) is 0.735. The second-order valence-electron chi connectivity index (χ2n) is 6.66. The minimum Gasteiger partial charge on any atom is -0.374 e. The van der Waals surface area contributed by atoms with Crippen LogP contribution in [0.3, 0.4) is 0 Å². The summed E-state index contributed by atoms with van der Waals surface area (Å²) in [5, 5.41) is 10.2. The molecule has 0 radical (unpaired) electrons. The summed E-state index contributed by atoms with van der Waals surface area (Å²) in [6, 6.07) is 14.4. The Bertz CT molecular complexity index is 1310. The Morgan fingerprint density at radius 3 is 2.83 bits per heavy atom. The second kappa shape index (κ2) is 7.31. The molecule has 0 atom stereocenters. The topological polar surface area (TPSA) is 57.2 Å². The van der Waals surface area contributed by atoms with Gasteiger partial charge in [0.2, 0.25) is 0 Å². The molecule has 5 rings (SSSR count). The zero-order valence-corrected chi connectivity index (χ0v) is 16.5. The number of benzene rings is 1. The largest absolute Gasteiger partial charge is 0.374 e. The molecule has 5 aromatic rings. The van der Waals surface area contributed by atoms with E-state index in [9.17, 15) is 0 Å². The van der Waals surface area contributed by atoms with E-state index >= 15 is 0 Å². The smallest absolute Gasteiger partial charge is 0.180 e. The quantitative estimate of drug-likeness (QED) is 0.417. The van der Waals surface area contributed by atoms with Gasteiger partial charge in [0, 0.05) is 36.1 Å². The van der Waals surface area contributed by atoms with Crippen molar-refractivity contribution < 1.29 is 4.74 Å². The average Bonchev–Trinajstić information content (AvgIpc) is 3.37. The number of ether oxygens (including phenoxy) is 1. The molecule has 0 spiro atoms. The predicted octanol–water partition coefficient (Wildman–Crippen LogP) is 4.93. The highest BCUT2D eigenvalue weighted by Crippen LogP contribution is 2.33. The van der Waals surface area contributed by atoms with Crippen molar-refractivity contribution in [1.82, 2.24) is 24.1 Å². The third-order valence-electron chi connectivity index (χ3n) is 4.95. The van der Waals surface area contributed by atoms with Crippen LogP contribution in [0, 0.1) is 0 Å². The zero-order valence-electron chi connectivity index (χ0n) is 15.8. The highest BCUT2D eigenvalue weighted by atomic mass is 35.5. The standard InChI is InChI=1S/C22H18ClN5O/c1-2-29-14-20-25-26-22-21(23)18(8-11-28(20)22)15-5-6-19-16(12-15)7-10-27(19)17-4-3-9-24-13-17/h3-13H,2,14H2,1H3. The van der Waals surface area contributed by atoms with Gasteiger partial charge in [-0.2, -0.15) is 0 Å². The van der Waals surface area contributed by atoms with Gasteiger partial charge in [0.25, 0.3) is 0 Å². The number of hydrogen-bond acceptors (Lipinski definition) is 4. The number of fused-ring (bicyclic) bond motifs is 2. The van der Waals surface area contributed by atoms with Crippen molar-refractivity contribution in [3.8, 4) is 16.8 Å². The molecule has 0 aliphatic rings. The monoisotopic (exact) mass is 403 g/mol. The maximum Gasteiger partial charge on any atom is 0.180 e. The molecule has 0 fully saturated rings. The minimum absolute atomic E-state index is 0.404. The van der Waals surface area contributed by atoms with E-state index in [0.29, 0.717) is 23.9 Å². The van der Waals surface area contributed by atoms with E-state index in [1.165, 1.54) is 0 Å². The Morgan fingerprint density at radius 1 is 1.07 bits per heavy atom. The lowest BCUT2D eigenvalue weighted by atomic mass is 10.0. The molecule has 6 nitrogen and oxygen atoms in total. The first-order valence-electron chi connectivity index (χ1n) is 9.38. The van der Waals surface area contributed by atoms with Gasteiger partial charge in [-0.1, -0.05) is 17.7 Å². The van der Waals surface area contributed by atoms with Gasteiger partial charge in [-0.05, 0) is 48.9 Å². The van der Waals surface area contributed by atoms with Crippen molar-refractivity contribution >= 4 is 28.2 Å². The average molecular weight is 404 g/mol. The molecule has 0 saturated carbocycles. The lowest BCUT2D eigenvalue weighted by molar-refractivity contribution is 0.127. The van der Waals surface area contributed by atoms with E-state index in [0.717, 1.165) is 33.5 Å². The summed E-state index contributed by atoms with van der Waals surface area (Å²) in [7, 11) is 0. The predicted molar refractivity (Wildman–Crippen MR) is 113 cm³/mol. The fraction of sp³-hybridized carbons (Fsp3) is 0.136. The van der Waals surface area contributed by atoms with Gasteiger partial charge in [0.1, 0.15) is 6.61 Å². The highest BCUT2D eigenvalue weighted by Gasteiger charge is 2.14. The minimum atomic E-state index is 0.404. The van der Waals surface area contributed by atoms with Crippen LogP contribution in [0.25, 0.3) is 33.4 Å². The number of pyridine rings is 2. The molecule has 0 bridgehead atoms. The maximum absolute atomic E-state index is 6.70. The van der Waals surface area contributed by atoms with Crippen molar-refractivity contribution in [3.05, 3.63) is 78.1 Å². The van der Waals surface area contributed by atoms with Crippen LogP contribution in [0.2, 0.25) is 5.02 Å². The van der Waals surface area contributed by atoms with Crippen LogP contribution in [0.4, 0.5) is 0 Å². The fourth-order valence-corrected chi connectivity index (χ4v) is 3.82. The zero-order chi connectivity index (χ0) is 19.8. The lowest BCUT2D eigenvalue weighted by Gasteiger charge is -2.09. The molecule has 0 N–H and O–H groups in total. The summed E-state index contributed by atoms with van der Waals surface area (Å²) < 4.78 is 9.45. The molecule has 0 aliphatic heterocycles. The molecule has 1 aromatic carbocycles. The van der Waals surface area contributed by atoms with Crippen LogP contribution >= 0.6 is 11.6 Å². The third-order valence-corrected chi connectivity index (χ3v) is 5.32. The molecular weight excluding hydrogens is 386 g/mol. The van der Waals surface area contributed by atoms with Gasteiger partial charge in [-0.25, -0.2) is 0 Å². The highest BCUT2D eigenvalue weighted by molar-refractivity contribution is 6.36. The molecule has 0 aliphatic carbocycles. The first kappa shape index (κ1) is 17.8. The maximum atomic E-state index is 6.70. The number of nitrogens with zero attached hydrogens (tertiary/aromatic N) is 5. The van der Waals surface area contributed by atoms with Crippen molar-refractivity contribution in [1.29, 1.82) is 0 Å². The molecule has 29 heavy (non-hydrogen) atoms. The molecule has 4 aromatic heterocycles. The van der Waals surface area contributed by atoms with E-state index in [-0.39, 0.29) is 0 Å². The van der Waals surface area contributed by atoms with E-state index in [2.05, 4.69) is 50.2 Å². The van der Waals surface area contributed by atoms with Crippen LogP contribution in [-0.2, 0) is 11.3 Å². The SMILES string of the molecule is CCOCc1nnc2c(Cl)c(-c3ccc4c(ccn4-c4cccnc4)c3)ccn12. The van der Waals surface area contributed by atoms with E-state index in [1.807, 2.05) is 41.9 Å². The first-order chi connectivity index (χ1) is 14.3. The van der Waals surface area contributed by atoms with Crippen LogP contribution in [0.5, 0.6) is 0 Å². The van der Waals surface area contributed by atoms with Crippen LogP contribution < -0.4 is 0 Å². The second-order valence-corrected chi connectivity index (χ2v) is 7.04.